The Kier molecular flexibility index (Phi) is 3.23. The minimum Gasteiger partial charge on any atom is -0.462 e. The van der Waals surface area contributed by atoms with Gasteiger partial charge in [0.2, 0.25) is 0 Å². The molecule has 0 amide bonds. The van der Waals surface area contributed by atoms with Crippen molar-refractivity contribution in [1.82, 2.24) is 0 Å². The maximum Gasteiger partial charge on any atom is 0.312 e. The first kappa shape index (κ1) is 14.4. The fourth-order valence-corrected chi connectivity index (χ4v) is 4.73. The van der Waals surface area contributed by atoms with E-state index in [1.165, 1.54) is 25.7 Å². The van der Waals surface area contributed by atoms with Crippen LogP contribution in [0.2, 0.25) is 0 Å². The lowest BCUT2D eigenvalue weighted by atomic mass is 9.69. The molecule has 5 atom stereocenters. The van der Waals surface area contributed by atoms with Crippen LogP contribution in [0.25, 0.3) is 0 Å². The Morgan fingerprint density at radius 1 is 0.950 bits per heavy atom. The van der Waals surface area contributed by atoms with E-state index in [-0.39, 0.29) is 17.5 Å². The zero-order valence-corrected chi connectivity index (χ0v) is 13.7. The van der Waals surface area contributed by atoms with Crippen LogP contribution in [0.3, 0.4) is 0 Å². The van der Waals surface area contributed by atoms with Gasteiger partial charge in [0.15, 0.2) is 0 Å². The first-order valence-electron chi connectivity index (χ1n) is 8.43. The Morgan fingerprint density at radius 3 is 2.25 bits per heavy atom. The molecule has 2 heteroatoms. The van der Waals surface area contributed by atoms with Crippen LogP contribution in [0.15, 0.2) is 0 Å². The predicted octanol–water partition coefficient (Wildman–Crippen LogP) is 4.43. The van der Waals surface area contributed by atoms with Gasteiger partial charge in [0.05, 0.1) is 5.41 Å². The molecule has 3 aliphatic rings. The number of fused-ring (bicyclic) bond motifs is 5. The third-order valence-electron chi connectivity index (χ3n) is 7.01. The number of hydrogen-bond donors (Lipinski definition) is 0. The third-order valence-corrected chi connectivity index (χ3v) is 7.01. The van der Waals surface area contributed by atoms with Crippen molar-refractivity contribution in [3.8, 4) is 0 Å². The molecule has 5 unspecified atom stereocenters. The van der Waals surface area contributed by atoms with Gasteiger partial charge in [-0.3, -0.25) is 4.79 Å². The van der Waals surface area contributed by atoms with Crippen molar-refractivity contribution >= 4 is 5.97 Å². The van der Waals surface area contributed by atoms with Crippen LogP contribution in [-0.2, 0) is 9.53 Å². The minimum absolute atomic E-state index is 0.0112. The summed E-state index contributed by atoms with van der Waals surface area (Å²) in [6.45, 7) is 10.4. The van der Waals surface area contributed by atoms with Crippen molar-refractivity contribution in [3.63, 3.8) is 0 Å². The highest BCUT2D eigenvalue weighted by molar-refractivity contribution is 5.77. The molecule has 3 aliphatic carbocycles. The summed E-state index contributed by atoms with van der Waals surface area (Å²) >= 11 is 0. The fourth-order valence-electron chi connectivity index (χ4n) is 4.73. The van der Waals surface area contributed by atoms with E-state index in [0.29, 0.717) is 5.92 Å². The van der Waals surface area contributed by atoms with Crippen LogP contribution >= 0.6 is 0 Å². The molecule has 2 nitrogen and oxygen atoms in total. The van der Waals surface area contributed by atoms with Gasteiger partial charge in [0.25, 0.3) is 0 Å². The fraction of sp³-hybridized carbons (Fsp3) is 0.944. The summed E-state index contributed by atoms with van der Waals surface area (Å²) in [5.41, 5.74) is -0.471. The number of hydrogen-bond acceptors (Lipinski definition) is 2. The SMILES string of the molecule is CC(C)(C)C(C)(C)C(=O)OC1CC2CC1C1CCCC21. The molecular formula is C18H30O2. The van der Waals surface area contributed by atoms with Gasteiger partial charge in [0, 0.05) is 0 Å². The third kappa shape index (κ3) is 2.02. The maximum absolute atomic E-state index is 12.6. The molecule has 3 rings (SSSR count). The quantitative estimate of drug-likeness (QED) is 0.699. The van der Waals surface area contributed by atoms with Crippen molar-refractivity contribution in [3.05, 3.63) is 0 Å². The molecule has 0 aromatic heterocycles. The van der Waals surface area contributed by atoms with Gasteiger partial charge in [-0.2, -0.15) is 0 Å². The summed E-state index contributed by atoms with van der Waals surface area (Å²) in [7, 11) is 0. The van der Waals surface area contributed by atoms with Gasteiger partial charge in [-0.25, -0.2) is 0 Å². The molecule has 2 bridgehead atoms. The summed E-state index contributed by atoms with van der Waals surface area (Å²) < 4.78 is 6.01. The van der Waals surface area contributed by atoms with Crippen molar-refractivity contribution in [1.29, 1.82) is 0 Å². The van der Waals surface area contributed by atoms with Gasteiger partial charge in [-0.1, -0.05) is 27.2 Å². The molecular weight excluding hydrogens is 248 g/mol. The first-order valence-corrected chi connectivity index (χ1v) is 8.43. The maximum atomic E-state index is 12.6. The highest BCUT2D eigenvalue weighted by Crippen LogP contribution is 2.59. The topological polar surface area (TPSA) is 26.3 Å². The van der Waals surface area contributed by atoms with E-state index in [1.54, 1.807) is 0 Å². The zero-order chi connectivity index (χ0) is 14.7. The summed E-state index contributed by atoms with van der Waals surface area (Å²) in [6.07, 6.45) is 6.88. The summed E-state index contributed by atoms with van der Waals surface area (Å²) in [5.74, 6) is 3.36. The molecule has 20 heavy (non-hydrogen) atoms. The van der Waals surface area contributed by atoms with Crippen molar-refractivity contribution in [2.45, 2.75) is 72.8 Å². The van der Waals surface area contributed by atoms with E-state index < -0.39 is 5.41 Å². The minimum atomic E-state index is -0.413. The molecule has 0 aromatic carbocycles. The largest absolute Gasteiger partial charge is 0.462 e. The Morgan fingerprint density at radius 2 is 1.60 bits per heavy atom. The molecule has 0 radical (unpaired) electrons. The normalized spacial score (nSPS) is 40.0. The number of rotatable bonds is 2. The molecule has 0 N–H and O–H groups in total. The number of carbonyl (C=O) groups is 1. The number of carbonyl (C=O) groups excluding carboxylic acids is 1. The van der Waals surface area contributed by atoms with Gasteiger partial charge in [-0.15, -0.1) is 0 Å². The Labute approximate surface area is 123 Å². The van der Waals surface area contributed by atoms with Crippen LogP contribution in [0, 0.1) is 34.5 Å². The van der Waals surface area contributed by atoms with Crippen LogP contribution < -0.4 is 0 Å². The second-order valence-corrected chi connectivity index (χ2v) is 8.97. The molecule has 3 fully saturated rings. The zero-order valence-electron chi connectivity index (χ0n) is 13.7. The van der Waals surface area contributed by atoms with E-state index in [0.717, 1.165) is 24.2 Å². The Bertz CT molecular complexity index is 404. The first-order chi connectivity index (χ1) is 9.22. The molecule has 0 saturated heterocycles. The molecule has 0 heterocycles. The standard InChI is InChI=1S/C18H30O2/c1-17(2,3)18(4,5)16(19)20-15-10-11-9-14(15)13-8-6-7-12(11)13/h11-15H,6-10H2,1-5H3. The number of ether oxygens (including phenoxy) is 1. The van der Waals surface area contributed by atoms with Crippen molar-refractivity contribution in [2.75, 3.05) is 0 Å². The second kappa shape index (κ2) is 4.48. The highest BCUT2D eigenvalue weighted by atomic mass is 16.5. The lowest BCUT2D eigenvalue weighted by molar-refractivity contribution is -0.170. The predicted molar refractivity (Wildman–Crippen MR) is 80.2 cm³/mol. The van der Waals surface area contributed by atoms with Crippen LogP contribution in [-0.4, -0.2) is 12.1 Å². The monoisotopic (exact) mass is 278 g/mol. The van der Waals surface area contributed by atoms with Crippen molar-refractivity contribution < 1.29 is 9.53 Å². The van der Waals surface area contributed by atoms with Gasteiger partial charge in [0.1, 0.15) is 6.10 Å². The second-order valence-electron chi connectivity index (χ2n) is 8.97. The average Bonchev–Trinajstić information content (AvgIpc) is 2.97. The van der Waals surface area contributed by atoms with E-state index in [9.17, 15) is 4.79 Å². The average molecular weight is 278 g/mol. The molecule has 0 aliphatic heterocycles. The van der Waals surface area contributed by atoms with Crippen molar-refractivity contribution in [2.24, 2.45) is 34.5 Å². The summed E-state index contributed by atoms with van der Waals surface area (Å²) in [4.78, 5) is 12.6. The van der Waals surface area contributed by atoms with E-state index in [1.807, 2.05) is 13.8 Å². The Balaban J connectivity index is 1.67. The van der Waals surface area contributed by atoms with E-state index >= 15 is 0 Å². The number of esters is 1. The smallest absolute Gasteiger partial charge is 0.312 e. The van der Waals surface area contributed by atoms with E-state index in [4.69, 9.17) is 4.74 Å². The lowest BCUT2D eigenvalue weighted by Crippen LogP contribution is -2.42. The van der Waals surface area contributed by atoms with Gasteiger partial charge in [-0.05, 0) is 68.6 Å². The highest BCUT2D eigenvalue weighted by Gasteiger charge is 2.56. The van der Waals surface area contributed by atoms with E-state index in [2.05, 4.69) is 20.8 Å². The van der Waals surface area contributed by atoms with Gasteiger partial charge >= 0.3 is 5.97 Å². The molecule has 3 saturated carbocycles. The van der Waals surface area contributed by atoms with Gasteiger partial charge < -0.3 is 4.74 Å². The lowest BCUT2D eigenvalue weighted by Gasteiger charge is -2.39. The molecule has 0 aromatic rings. The van der Waals surface area contributed by atoms with Crippen LogP contribution in [0.4, 0.5) is 0 Å². The molecule has 114 valence electrons. The summed E-state index contributed by atoms with van der Waals surface area (Å²) in [6, 6.07) is 0. The molecule has 0 spiro atoms. The Hall–Kier alpha value is -0.530. The summed E-state index contributed by atoms with van der Waals surface area (Å²) in [5, 5.41) is 0. The van der Waals surface area contributed by atoms with Crippen LogP contribution in [0.1, 0.15) is 66.7 Å². The van der Waals surface area contributed by atoms with Crippen LogP contribution in [0.5, 0.6) is 0 Å².